The fourth-order valence-corrected chi connectivity index (χ4v) is 3.84. The lowest BCUT2D eigenvalue weighted by atomic mass is 10.1. The van der Waals surface area contributed by atoms with Gasteiger partial charge in [0.2, 0.25) is 10.0 Å². The second-order valence-corrected chi connectivity index (χ2v) is 7.24. The Labute approximate surface area is 128 Å². The Kier molecular flexibility index (Phi) is 7.93. The molecule has 0 fully saturated rings. The molecule has 0 saturated heterocycles. The Bertz CT molecular complexity index is 514. The molecular formula is C16H27NO3S. The van der Waals surface area contributed by atoms with Crippen LogP contribution in [-0.2, 0) is 22.4 Å². The van der Waals surface area contributed by atoms with Gasteiger partial charge in [-0.2, -0.15) is 0 Å². The number of aliphatic hydroxyl groups is 1. The average Bonchev–Trinajstić information content (AvgIpc) is 2.44. The van der Waals surface area contributed by atoms with Crippen LogP contribution in [0.2, 0.25) is 0 Å². The predicted molar refractivity (Wildman–Crippen MR) is 86.3 cm³/mol. The minimum absolute atomic E-state index is 0.0287. The van der Waals surface area contributed by atoms with Crippen LogP contribution in [0.25, 0.3) is 0 Å². The number of hydrogen-bond acceptors (Lipinski definition) is 3. The van der Waals surface area contributed by atoms with Crippen molar-refractivity contribution >= 4 is 10.0 Å². The van der Waals surface area contributed by atoms with Gasteiger partial charge in [-0.05, 0) is 24.0 Å². The molecule has 21 heavy (non-hydrogen) atoms. The normalized spacial score (nSPS) is 13.3. The Balaban J connectivity index is 2.69. The Morgan fingerprint density at radius 2 is 1.86 bits per heavy atom. The summed E-state index contributed by atoms with van der Waals surface area (Å²) in [5.74, 6) is -0.0345. The van der Waals surface area contributed by atoms with E-state index >= 15 is 0 Å². The van der Waals surface area contributed by atoms with Crippen molar-refractivity contribution in [2.45, 2.75) is 64.4 Å². The van der Waals surface area contributed by atoms with Crippen LogP contribution in [-0.4, -0.2) is 19.6 Å². The summed E-state index contributed by atoms with van der Waals surface area (Å²) in [6, 6.07) is 7.10. The van der Waals surface area contributed by atoms with Crippen LogP contribution >= 0.6 is 0 Å². The Morgan fingerprint density at radius 1 is 1.14 bits per heavy atom. The molecule has 0 amide bonds. The van der Waals surface area contributed by atoms with Crippen molar-refractivity contribution < 1.29 is 13.5 Å². The van der Waals surface area contributed by atoms with Crippen molar-refractivity contribution in [3.05, 3.63) is 35.4 Å². The monoisotopic (exact) mass is 313 g/mol. The van der Waals surface area contributed by atoms with E-state index in [1.807, 2.05) is 0 Å². The molecule has 1 aromatic rings. The largest absolute Gasteiger partial charge is 0.392 e. The lowest BCUT2D eigenvalue weighted by molar-refractivity contribution is 0.282. The Hall–Kier alpha value is -0.910. The molecule has 4 nitrogen and oxygen atoms in total. The highest BCUT2D eigenvalue weighted by atomic mass is 32.2. The summed E-state index contributed by atoms with van der Waals surface area (Å²) in [5.41, 5.74) is 1.44. The molecule has 120 valence electrons. The first-order valence-electron chi connectivity index (χ1n) is 7.69. The predicted octanol–water partition coefficient (Wildman–Crippen LogP) is 2.96. The zero-order chi connectivity index (χ0) is 15.7. The maximum atomic E-state index is 12.3. The SMILES string of the molecule is CCCCC(CCC)NS(=O)(=O)Cc1cccc(CO)c1. The minimum Gasteiger partial charge on any atom is -0.392 e. The smallest absolute Gasteiger partial charge is 0.216 e. The molecular weight excluding hydrogens is 286 g/mol. The molecule has 0 aromatic heterocycles. The summed E-state index contributed by atoms with van der Waals surface area (Å²) in [6.07, 6.45) is 4.83. The van der Waals surface area contributed by atoms with Gasteiger partial charge in [-0.15, -0.1) is 0 Å². The van der Waals surface area contributed by atoms with Gasteiger partial charge in [-0.25, -0.2) is 13.1 Å². The molecule has 0 saturated carbocycles. The zero-order valence-electron chi connectivity index (χ0n) is 13.0. The van der Waals surface area contributed by atoms with E-state index in [1.165, 1.54) is 0 Å². The van der Waals surface area contributed by atoms with E-state index in [1.54, 1.807) is 24.3 Å². The van der Waals surface area contributed by atoms with E-state index in [4.69, 9.17) is 5.11 Å². The highest BCUT2D eigenvalue weighted by Crippen LogP contribution is 2.12. The summed E-state index contributed by atoms with van der Waals surface area (Å²) in [7, 11) is -3.34. The molecule has 1 rings (SSSR count). The third-order valence-electron chi connectivity index (χ3n) is 3.42. The van der Waals surface area contributed by atoms with Crippen LogP contribution in [0.15, 0.2) is 24.3 Å². The van der Waals surface area contributed by atoms with Crippen LogP contribution in [0.5, 0.6) is 0 Å². The van der Waals surface area contributed by atoms with Crippen molar-refractivity contribution in [2.24, 2.45) is 0 Å². The molecule has 0 spiro atoms. The molecule has 0 aliphatic rings. The first-order chi connectivity index (χ1) is 10.0. The molecule has 5 heteroatoms. The van der Waals surface area contributed by atoms with E-state index in [0.717, 1.165) is 37.7 Å². The standard InChI is InChI=1S/C16H27NO3S/c1-3-5-10-16(7-4-2)17-21(19,20)13-15-9-6-8-14(11-15)12-18/h6,8-9,11,16-18H,3-5,7,10,12-13H2,1-2H3. The number of nitrogens with one attached hydrogen (secondary N) is 1. The summed E-state index contributed by atoms with van der Waals surface area (Å²) >= 11 is 0. The number of rotatable bonds is 10. The Morgan fingerprint density at radius 3 is 2.48 bits per heavy atom. The van der Waals surface area contributed by atoms with E-state index in [0.29, 0.717) is 5.56 Å². The molecule has 1 atom stereocenters. The van der Waals surface area contributed by atoms with Gasteiger partial charge in [-0.3, -0.25) is 0 Å². The van der Waals surface area contributed by atoms with Gasteiger partial charge in [-0.1, -0.05) is 57.4 Å². The van der Waals surface area contributed by atoms with Crippen molar-refractivity contribution in [3.63, 3.8) is 0 Å². The van der Waals surface area contributed by atoms with E-state index in [9.17, 15) is 8.42 Å². The van der Waals surface area contributed by atoms with Crippen LogP contribution in [0, 0.1) is 0 Å². The lowest BCUT2D eigenvalue weighted by Crippen LogP contribution is -2.35. The molecule has 2 N–H and O–H groups in total. The molecule has 1 aromatic carbocycles. The second kappa shape index (κ2) is 9.18. The second-order valence-electron chi connectivity index (χ2n) is 5.48. The third-order valence-corrected chi connectivity index (χ3v) is 4.83. The summed E-state index contributed by atoms with van der Waals surface area (Å²) in [5, 5.41) is 9.11. The minimum atomic E-state index is -3.34. The quantitative estimate of drug-likeness (QED) is 0.698. The van der Waals surface area contributed by atoms with Crippen molar-refractivity contribution in [3.8, 4) is 0 Å². The van der Waals surface area contributed by atoms with Gasteiger partial charge in [0.05, 0.1) is 12.4 Å². The molecule has 0 aliphatic heterocycles. The fraction of sp³-hybridized carbons (Fsp3) is 0.625. The maximum absolute atomic E-state index is 12.3. The first kappa shape index (κ1) is 18.1. The summed E-state index contributed by atoms with van der Waals surface area (Å²) in [6.45, 7) is 4.10. The number of benzene rings is 1. The third kappa shape index (κ3) is 7.07. The average molecular weight is 313 g/mol. The van der Waals surface area contributed by atoms with Crippen LogP contribution < -0.4 is 4.72 Å². The van der Waals surface area contributed by atoms with Crippen LogP contribution in [0.4, 0.5) is 0 Å². The number of hydrogen-bond donors (Lipinski definition) is 2. The fourth-order valence-electron chi connectivity index (χ4n) is 2.39. The number of unbranched alkanes of at least 4 members (excludes halogenated alkanes) is 1. The van der Waals surface area contributed by atoms with E-state index < -0.39 is 10.0 Å². The van der Waals surface area contributed by atoms with Gasteiger partial charge in [0.1, 0.15) is 0 Å². The van der Waals surface area contributed by atoms with Crippen LogP contribution in [0.1, 0.15) is 57.1 Å². The summed E-state index contributed by atoms with van der Waals surface area (Å²) in [4.78, 5) is 0. The maximum Gasteiger partial charge on any atom is 0.216 e. The number of aliphatic hydroxyl groups excluding tert-OH is 1. The molecule has 1 unspecified atom stereocenters. The topological polar surface area (TPSA) is 66.4 Å². The van der Waals surface area contributed by atoms with Gasteiger partial charge < -0.3 is 5.11 Å². The molecule has 0 bridgehead atoms. The van der Waals surface area contributed by atoms with Gasteiger partial charge in [0, 0.05) is 6.04 Å². The highest BCUT2D eigenvalue weighted by molar-refractivity contribution is 7.88. The molecule has 0 heterocycles. The number of sulfonamides is 1. The van der Waals surface area contributed by atoms with E-state index in [2.05, 4.69) is 18.6 Å². The van der Waals surface area contributed by atoms with Crippen molar-refractivity contribution in [1.29, 1.82) is 0 Å². The molecule has 0 radical (unpaired) electrons. The molecule has 0 aliphatic carbocycles. The van der Waals surface area contributed by atoms with Crippen molar-refractivity contribution in [2.75, 3.05) is 0 Å². The van der Waals surface area contributed by atoms with Gasteiger partial charge in [0.25, 0.3) is 0 Å². The lowest BCUT2D eigenvalue weighted by Gasteiger charge is -2.18. The summed E-state index contributed by atoms with van der Waals surface area (Å²) < 4.78 is 27.4. The van der Waals surface area contributed by atoms with E-state index in [-0.39, 0.29) is 18.4 Å². The highest BCUT2D eigenvalue weighted by Gasteiger charge is 2.17. The zero-order valence-corrected chi connectivity index (χ0v) is 13.8. The van der Waals surface area contributed by atoms with Gasteiger partial charge in [0.15, 0.2) is 0 Å². The van der Waals surface area contributed by atoms with Crippen molar-refractivity contribution in [1.82, 2.24) is 4.72 Å². The van der Waals surface area contributed by atoms with Crippen LogP contribution in [0.3, 0.4) is 0 Å². The van der Waals surface area contributed by atoms with Gasteiger partial charge >= 0.3 is 0 Å². The first-order valence-corrected chi connectivity index (χ1v) is 9.34.